The molecule has 1 aliphatic heterocycles. The Bertz CT molecular complexity index is 1130. The lowest BCUT2D eigenvalue weighted by atomic mass is 9.66. The number of carbonyl (C=O) groups is 2. The van der Waals surface area contributed by atoms with Crippen molar-refractivity contribution in [2.24, 2.45) is 16.3 Å². The molecule has 0 saturated heterocycles. The number of aliphatic imine (C=N–C) groups is 1. The van der Waals surface area contributed by atoms with E-state index in [0.717, 1.165) is 46.5 Å². The van der Waals surface area contributed by atoms with Crippen molar-refractivity contribution in [3.8, 4) is 0 Å². The number of carbonyl (C=O) groups excluding carboxylic acids is 2. The summed E-state index contributed by atoms with van der Waals surface area (Å²) in [6.07, 6.45) is 4.67. The third-order valence-electron chi connectivity index (χ3n) is 7.00. The summed E-state index contributed by atoms with van der Waals surface area (Å²) in [5, 5.41) is 0. The van der Waals surface area contributed by atoms with Crippen LogP contribution >= 0.6 is 0 Å². The highest BCUT2D eigenvalue weighted by Crippen LogP contribution is 2.51. The molecule has 0 bridgehead atoms. The van der Waals surface area contributed by atoms with Crippen molar-refractivity contribution in [3.63, 3.8) is 0 Å². The van der Waals surface area contributed by atoms with Gasteiger partial charge in [-0.1, -0.05) is 75.7 Å². The van der Waals surface area contributed by atoms with E-state index in [1.807, 2.05) is 24.3 Å². The van der Waals surface area contributed by atoms with Gasteiger partial charge in [0.15, 0.2) is 11.6 Å². The molecule has 0 amide bonds. The van der Waals surface area contributed by atoms with Gasteiger partial charge in [-0.05, 0) is 35.8 Å². The molecule has 2 aromatic rings. The number of aryl methyl sites for hydroxylation is 1. The fourth-order valence-corrected chi connectivity index (χ4v) is 5.52. The van der Waals surface area contributed by atoms with Crippen LogP contribution in [0.1, 0.15) is 79.4 Å². The summed E-state index contributed by atoms with van der Waals surface area (Å²) in [6.45, 7) is 6.46. The molecule has 3 heteroatoms. The molecule has 0 radical (unpaired) electrons. The monoisotopic (exact) mass is 411 g/mol. The highest BCUT2D eigenvalue weighted by Gasteiger charge is 2.50. The van der Waals surface area contributed by atoms with Crippen LogP contribution < -0.4 is 0 Å². The van der Waals surface area contributed by atoms with Crippen LogP contribution in [0.3, 0.4) is 0 Å². The second kappa shape index (κ2) is 7.40. The number of hydrogen-bond acceptors (Lipinski definition) is 3. The molecule has 3 nitrogen and oxygen atoms in total. The number of benzene rings is 2. The van der Waals surface area contributed by atoms with Crippen molar-refractivity contribution >= 4 is 17.3 Å². The number of nitrogens with zero attached hydrogens (tertiary/aromatic N) is 1. The summed E-state index contributed by atoms with van der Waals surface area (Å²) in [4.78, 5) is 31.9. The van der Waals surface area contributed by atoms with Crippen LogP contribution in [0.4, 0.5) is 0 Å². The Hall–Kier alpha value is -2.81. The molecule has 2 atom stereocenters. The number of fused-ring (bicyclic) bond motifs is 3. The molecule has 5 rings (SSSR count). The van der Waals surface area contributed by atoms with Crippen LogP contribution in [0.25, 0.3) is 0 Å². The number of Topliss-reactive ketones (excluding diaryl/α,β-unsaturated/α-hetero) is 2. The minimum atomic E-state index is -0.400. The first kappa shape index (κ1) is 20.1. The van der Waals surface area contributed by atoms with Crippen LogP contribution in [0.15, 0.2) is 64.8 Å². The first-order valence-electron chi connectivity index (χ1n) is 11.5. The second-order valence-corrected chi connectivity index (χ2v) is 10.0. The summed E-state index contributed by atoms with van der Waals surface area (Å²) in [5.74, 6) is -0.398. The lowest BCUT2D eigenvalue weighted by Crippen LogP contribution is -2.37. The number of ketones is 2. The second-order valence-electron chi connectivity index (χ2n) is 10.0. The highest BCUT2D eigenvalue weighted by molar-refractivity contribution is 6.30. The van der Waals surface area contributed by atoms with E-state index in [1.54, 1.807) is 0 Å². The Morgan fingerprint density at radius 1 is 0.935 bits per heavy atom. The first-order chi connectivity index (χ1) is 14.9. The maximum absolute atomic E-state index is 13.5. The van der Waals surface area contributed by atoms with Crippen molar-refractivity contribution in [2.75, 3.05) is 0 Å². The van der Waals surface area contributed by atoms with Gasteiger partial charge < -0.3 is 0 Å². The van der Waals surface area contributed by atoms with E-state index in [4.69, 9.17) is 4.99 Å². The Balaban J connectivity index is 1.66. The van der Waals surface area contributed by atoms with Crippen LogP contribution in [-0.4, -0.2) is 17.3 Å². The molecule has 0 spiro atoms. The molecule has 0 N–H and O–H groups in total. The van der Waals surface area contributed by atoms with Gasteiger partial charge in [0.2, 0.25) is 0 Å². The van der Waals surface area contributed by atoms with Crippen molar-refractivity contribution in [2.45, 2.75) is 58.8 Å². The summed E-state index contributed by atoms with van der Waals surface area (Å²) < 4.78 is 0. The number of allylic oxidation sites excluding steroid dienone is 2. The predicted molar refractivity (Wildman–Crippen MR) is 124 cm³/mol. The van der Waals surface area contributed by atoms with Crippen LogP contribution in [0, 0.1) is 11.3 Å². The number of rotatable bonds is 4. The lowest BCUT2D eigenvalue weighted by Gasteiger charge is -2.38. The number of unbranched alkanes of at least 4 members (excludes halogenated alkanes) is 1. The van der Waals surface area contributed by atoms with Crippen LogP contribution in [-0.2, 0) is 11.2 Å². The largest absolute Gasteiger partial charge is 0.294 e. The summed E-state index contributed by atoms with van der Waals surface area (Å²) in [5.41, 5.74) is 6.44. The zero-order valence-electron chi connectivity index (χ0n) is 18.6. The minimum Gasteiger partial charge on any atom is -0.294 e. The molecular formula is C28H29NO2. The van der Waals surface area contributed by atoms with E-state index >= 15 is 0 Å². The van der Waals surface area contributed by atoms with Gasteiger partial charge in [0.1, 0.15) is 0 Å². The standard InChI is InChI=1S/C28H29NO2/c1-4-5-8-17-11-13-18(14-12-17)23-24-21(15-28(2,3)16-22(24)30)29-26-19-9-6-7-10-20(19)27(31)25(23)26/h6-7,9-14,23,25H,4-5,8,15-16H2,1-3H3/t23-,25-/m0/s1. The van der Waals surface area contributed by atoms with Gasteiger partial charge in [0.05, 0.1) is 11.6 Å². The van der Waals surface area contributed by atoms with Crippen LogP contribution in [0.2, 0.25) is 0 Å². The van der Waals surface area contributed by atoms with Crippen molar-refractivity contribution in [3.05, 3.63) is 82.1 Å². The fourth-order valence-electron chi connectivity index (χ4n) is 5.52. The van der Waals surface area contributed by atoms with Gasteiger partial charge in [-0.15, -0.1) is 0 Å². The molecule has 1 heterocycles. The summed E-state index contributed by atoms with van der Waals surface area (Å²) >= 11 is 0. The molecule has 0 unspecified atom stereocenters. The Kier molecular flexibility index (Phi) is 4.80. The highest BCUT2D eigenvalue weighted by atomic mass is 16.1. The zero-order valence-corrected chi connectivity index (χ0v) is 18.6. The molecule has 158 valence electrons. The van der Waals surface area contributed by atoms with Gasteiger partial charge in [0, 0.05) is 34.7 Å². The van der Waals surface area contributed by atoms with E-state index in [-0.39, 0.29) is 22.9 Å². The Labute approximate surface area is 184 Å². The SMILES string of the molecule is CCCCc1ccc([C@H]2C3=C(CC(C)(C)CC3=O)N=C3c4ccccc4C(=O)[C@H]32)cc1. The normalized spacial score (nSPS) is 23.9. The van der Waals surface area contributed by atoms with Gasteiger partial charge in [-0.3, -0.25) is 14.6 Å². The third kappa shape index (κ3) is 3.31. The smallest absolute Gasteiger partial charge is 0.173 e. The maximum Gasteiger partial charge on any atom is 0.173 e. The van der Waals surface area contributed by atoms with Gasteiger partial charge in [-0.2, -0.15) is 0 Å². The lowest BCUT2D eigenvalue weighted by molar-refractivity contribution is -0.118. The Morgan fingerprint density at radius 2 is 1.65 bits per heavy atom. The topological polar surface area (TPSA) is 46.5 Å². The van der Waals surface area contributed by atoms with Crippen molar-refractivity contribution < 1.29 is 9.59 Å². The van der Waals surface area contributed by atoms with Crippen LogP contribution in [0.5, 0.6) is 0 Å². The average Bonchev–Trinajstić information content (AvgIpc) is 3.02. The molecule has 0 saturated carbocycles. The van der Waals surface area contributed by atoms with E-state index < -0.39 is 5.92 Å². The summed E-state index contributed by atoms with van der Waals surface area (Å²) in [7, 11) is 0. The van der Waals surface area contributed by atoms with Gasteiger partial charge >= 0.3 is 0 Å². The summed E-state index contributed by atoms with van der Waals surface area (Å²) in [6, 6.07) is 16.4. The molecule has 31 heavy (non-hydrogen) atoms. The fraction of sp³-hybridized carbons (Fsp3) is 0.393. The van der Waals surface area contributed by atoms with Gasteiger partial charge in [0.25, 0.3) is 0 Å². The quantitative estimate of drug-likeness (QED) is 0.613. The first-order valence-corrected chi connectivity index (χ1v) is 11.5. The van der Waals surface area contributed by atoms with Crippen molar-refractivity contribution in [1.82, 2.24) is 0 Å². The van der Waals surface area contributed by atoms with E-state index in [2.05, 4.69) is 45.0 Å². The van der Waals surface area contributed by atoms with E-state index in [1.165, 1.54) is 18.4 Å². The molecule has 0 aromatic heterocycles. The third-order valence-corrected chi connectivity index (χ3v) is 7.00. The molecular weight excluding hydrogens is 382 g/mol. The Morgan fingerprint density at radius 3 is 2.35 bits per heavy atom. The van der Waals surface area contributed by atoms with Crippen molar-refractivity contribution in [1.29, 1.82) is 0 Å². The predicted octanol–water partition coefficient (Wildman–Crippen LogP) is 6.07. The van der Waals surface area contributed by atoms with Gasteiger partial charge in [-0.25, -0.2) is 0 Å². The molecule has 3 aliphatic rings. The molecule has 0 fully saturated rings. The zero-order chi connectivity index (χ0) is 21.8. The average molecular weight is 412 g/mol. The minimum absolute atomic E-state index is 0.0959. The maximum atomic E-state index is 13.5. The van der Waals surface area contributed by atoms with E-state index in [9.17, 15) is 9.59 Å². The molecule has 2 aliphatic carbocycles. The van der Waals surface area contributed by atoms with E-state index in [0.29, 0.717) is 6.42 Å². The number of hydrogen-bond donors (Lipinski definition) is 0. The molecule has 2 aromatic carbocycles.